The van der Waals surface area contributed by atoms with Gasteiger partial charge in [-0.3, -0.25) is 0 Å². The van der Waals surface area contributed by atoms with E-state index in [1.807, 2.05) is 11.7 Å². The summed E-state index contributed by atoms with van der Waals surface area (Å²) in [6.07, 6.45) is 31.0. The number of fused-ring (bicyclic) bond motifs is 1. The second-order valence-electron chi connectivity index (χ2n) is 9.65. The lowest BCUT2D eigenvalue weighted by atomic mass is 10.1. The Balaban J connectivity index is 1.55. The van der Waals surface area contributed by atoms with Crippen LogP contribution in [0, 0.1) is 0 Å². The van der Waals surface area contributed by atoms with Crippen LogP contribution in [0.15, 0.2) is 35.7 Å². The molecule has 2 aromatic rings. The predicted octanol–water partition coefficient (Wildman–Crippen LogP) is 9.23. The molecule has 0 aliphatic heterocycles. The number of thioether (sulfide) groups is 1. The van der Waals surface area contributed by atoms with E-state index in [2.05, 4.69) is 53.2 Å². The highest BCUT2D eigenvalue weighted by Crippen LogP contribution is 2.30. The minimum Gasteiger partial charge on any atom is -0.476 e. The number of hydrogen-bond acceptors (Lipinski definition) is 5. The lowest BCUT2D eigenvalue weighted by Gasteiger charge is -2.06. The third kappa shape index (κ3) is 12.4. The van der Waals surface area contributed by atoms with Crippen molar-refractivity contribution in [2.24, 2.45) is 7.05 Å². The van der Waals surface area contributed by atoms with Crippen LogP contribution in [0.1, 0.15) is 117 Å². The van der Waals surface area contributed by atoms with Crippen molar-refractivity contribution in [3.8, 4) is 5.88 Å². The lowest BCUT2D eigenvalue weighted by molar-refractivity contribution is 0.282. The first kappa shape index (κ1) is 30.4. The van der Waals surface area contributed by atoms with Gasteiger partial charge in [0.15, 0.2) is 5.52 Å². The van der Waals surface area contributed by atoms with Crippen molar-refractivity contribution in [3.05, 3.63) is 30.6 Å². The molecule has 0 amide bonds. The molecule has 0 atom stereocenters. The number of allylic oxidation sites excluding steroid dienone is 4. The van der Waals surface area contributed by atoms with Crippen LogP contribution in [-0.4, -0.2) is 32.1 Å². The molecule has 2 rings (SSSR count). The second kappa shape index (κ2) is 20.3. The quantitative estimate of drug-likeness (QED) is 0.0678. The summed E-state index contributed by atoms with van der Waals surface area (Å²) in [6.45, 7) is 5.21. The highest BCUT2D eigenvalue weighted by atomic mass is 32.2. The highest BCUT2D eigenvalue weighted by Gasteiger charge is 2.16. The van der Waals surface area contributed by atoms with E-state index >= 15 is 0 Å². The molecule has 0 aliphatic carbocycles. The van der Waals surface area contributed by atoms with Gasteiger partial charge in [0.1, 0.15) is 16.9 Å². The van der Waals surface area contributed by atoms with Crippen molar-refractivity contribution in [2.45, 2.75) is 122 Å². The topological polar surface area (TPSA) is 52.8 Å². The Kier molecular flexibility index (Phi) is 17.1. The summed E-state index contributed by atoms with van der Waals surface area (Å²) in [6, 6.07) is 0. The molecule has 0 saturated carbocycles. The number of rotatable bonds is 22. The average Bonchev–Trinajstić information content (AvgIpc) is 3.21. The largest absolute Gasteiger partial charge is 0.476 e. The zero-order valence-corrected chi connectivity index (χ0v) is 24.0. The van der Waals surface area contributed by atoms with Gasteiger partial charge in [0.2, 0.25) is 5.88 Å². The first-order valence-electron chi connectivity index (χ1n) is 14.5. The average molecular weight is 515 g/mol. The number of aryl methyl sites for hydroxylation is 1. The smallest absolute Gasteiger partial charge is 0.239 e. The first-order valence-corrected chi connectivity index (χ1v) is 15.5. The van der Waals surface area contributed by atoms with Gasteiger partial charge < -0.3 is 4.74 Å². The van der Waals surface area contributed by atoms with E-state index in [0.29, 0.717) is 6.61 Å². The van der Waals surface area contributed by atoms with E-state index in [1.165, 1.54) is 89.9 Å². The van der Waals surface area contributed by atoms with Gasteiger partial charge in [-0.25, -0.2) is 14.6 Å². The van der Waals surface area contributed by atoms with Crippen molar-refractivity contribution in [3.63, 3.8) is 0 Å². The van der Waals surface area contributed by atoms with Crippen LogP contribution in [0.2, 0.25) is 0 Å². The summed E-state index contributed by atoms with van der Waals surface area (Å²) in [5, 5.41) is 5.63. The summed E-state index contributed by atoms with van der Waals surface area (Å²) in [4.78, 5) is 8.95. The molecule has 0 aromatic carbocycles. The predicted molar refractivity (Wildman–Crippen MR) is 156 cm³/mol. The number of unbranched alkanes of at least 4 members (excludes halogenated alkanes) is 12. The Labute approximate surface area is 224 Å². The van der Waals surface area contributed by atoms with E-state index in [-0.39, 0.29) is 0 Å². The van der Waals surface area contributed by atoms with Crippen LogP contribution < -0.4 is 4.74 Å². The van der Waals surface area contributed by atoms with Crippen LogP contribution in [-0.2, 0) is 7.05 Å². The van der Waals surface area contributed by atoms with Crippen LogP contribution in [0.4, 0.5) is 0 Å². The van der Waals surface area contributed by atoms with Crippen molar-refractivity contribution in [1.29, 1.82) is 0 Å². The molecule has 0 fully saturated rings. The molecule has 0 unspecified atom stereocenters. The molecule has 0 saturated heterocycles. The fourth-order valence-electron chi connectivity index (χ4n) is 4.18. The fourth-order valence-corrected chi connectivity index (χ4v) is 5.12. The maximum atomic E-state index is 6.11. The molecule has 0 bridgehead atoms. The number of nitrogens with zero attached hydrogens (tertiary/aromatic N) is 4. The summed E-state index contributed by atoms with van der Waals surface area (Å²) in [5.74, 6) is 1.84. The van der Waals surface area contributed by atoms with E-state index in [0.717, 1.165) is 40.5 Å². The Morgan fingerprint density at radius 3 is 2.14 bits per heavy atom. The van der Waals surface area contributed by atoms with E-state index in [9.17, 15) is 0 Å². The molecule has 0 aliphatic rings. The third-order valence-corrected chi connectivity index (χ3v) is 7.42. The zero-order chi connectivity index (χ0) is 25.7. The van der Waals surface area contributed by atoms with Gasteiger partial charge in [0.05, 0.1) is 6.61 Å². The van der Waals surface area contributed by atoms with Crippen LogP contribution >= 0.6 is 11.8 Å². The van der Waals surface area contributed by atoms with Crippen LogP contribution in [0.5, 0.6) is 5.88 Å². The molecule has 2 heterocycles. The SMILES string of the molecule is CCCCC/C=C\C/C=C\CCCCCCCCOc1c2ncnc(SCCCCCC)c2nn1C. The van der Waals surface area contributed by atoms with Crippen LogP contribution in [0.25, 0.3) is 11.0 Å². The molecule has 0 N–H and O–H groups in total. The van der Waals surface area contributed by atoms with Crippen molar-refractivity contribution in [2.75, 3.05) is 12.4 Å². The van der Waals surface area contributed by atoms with Gasteiger partial charge in [0, 0.05) is 7.05 Å². The van der Waals surface area contributed by atoms with E-state index in [4.69, 9.17) is 4.74 Å². The summed E-state index contributed by atoms with van der Waals surface area (Å²) in [7, 11) is 1.94. The Morgan fingerprint density at radius 1 is 0.750 bits per heavy atom. The third-order valence-electron chi connectivity index (χ3n) is 6.36. The van der Waals surface area contributed by atoms with Gasteiger partial charge in [-0.1, -0.05) is 95.9 Å². The molecule has 6 heteroatoms. The second-order valence-corrected chi connectivity index (χ2v) is 10.7. The highest BCUT2D eigenvalue weighted by molar-refractivity contribution is 7.99. The Morgan fingerprint density at radius 2 is 1.39 bits per heavy atom. The molecule has 0 spiro atoms. The van der Waals surface area contributed by atoms with Gasteiger partial charge in [-0.2, -0.15) is 5.10 Å². The number of aromatic nitrogens is 4. The molecule has 0 radical (unpaired) electrons. The Hall–Kier alpha value is -1.82. The first-order chi connectivity index (χ1) is 17.8. The molecular weight excluding hydrogens is 464 g/mol. The molecule has 2 aromatic heterocycles. The zero-order valence-electron chi connectivity index (χ0n) is 23.2. The fraction of sp³-hybridized carbons (Fsp3) is 0.700. The number of ether oxygens (including phenoxy) is 1. The lowest BCUT2D eigenvalue weighted by Crippen LogP contribution is -2.02. The van der Waals surface area contributed by atoms with Crippen molar-refractivity contribution < 1.29 is 4.74 Å². The van der Waals surface area contributed by atoms with Crippen molar-refractivity contribution in [1.82, 2.24) is 19.7 Å². The minimum atomic E-state index is 0.715. The normalized spacial score (nSPS) is 12.0. The molecule has 5 nitrogen and oxygen atoms in total. The Bertz CT molecular complexity index is 877. The van der Waals surface area contributed by atoms with Gasteiger partial charge >= 0.3 is 0 Å². The maximum Gasteiger partial charge on any atom is 0.239 e. The van der Waals surface area contributed by atoms with Gasteiger partial charge in [0.25, 0.3) is 0 Å². The summed E-state index contributed by atoms with van der Waals surface area (Å²) in [5.41, 5.74) is 1.70. The molecule has 202 valence electrons. The summed E-state index contributed by atoms with van der Waals surface area (Å²) >= 11 is 1.78. The summed E-state index contributed by atoms with van der Waals surface area (Å²) < 4.78 is 7.92. The molecule has 36 heavy (non-hydrogen) atoms. The van der Waals surface area contributed by atoms with Gasteiger partial charge in [-0.15, -0.1) is 11.8 Å². The number of hydrogen-bond donors (Lipinski definition) is 0. The van der Waals surface area contributed by atoms with Crippen LogP contribution in [0.3, 0.4) is 0 Å². The standard InChI is InChI=1S/C30H50N4OS/c1-4-6-8-10-11-12-13-14-15-16-17-18-19-20-21-22-24-35-30-28-27(33-34(30)3)29(32-26-31-28)36-25-23-9-7-5-2/h11-12,14-15,26H,4-10,13,16-25H2,1-3H3/b12-11-,15-14-. The van der Waals surface area contributed by atoms with E-state index in [1.54, 1.807) is 18.1 Å². The van der Waals surface area contributed by atoms with Crippen molar-refractivity contribution >= 4 is 22.8 Å². The minimum absolute atomic E-state index is 0.715. The monoisotopic (exact) mass is 514 g/mol. The molecular formula is C30H50N4OS. The van der Waals surface area contributed by atoms with Gasteiger partial charge in [-0.05, 0) is 50.7 Å². The van der Waals surface area contributed by atoms with E-state index < -0.39 is 0 Å². The maximum absolute atomic E-state index is 6.11.